The SMILES string of the molecule is CC(C)C(=O)N1CCc2ccc(OCc3ccc(C(=O)NCc4ccccc4)o3)cc2[C@@H]1c1cccc(F)c1. The van der Waals surface area contributed by atoms with E-state index >= 15 is 0 Å². The van der Waals surface area contributed by atoms with Crippen LogP contribution < -0.4 is 10.1 Å². The second kappa shape index (κ2) is 11.6. The van der Waals surface area contributed by atoms with Crippen LogP contribution in [0.1, 0.15) is 58.5 Å². The number of furan rings is 1. The molecular weight excluding hydrogens is 495 g/mol. The average Bonchev–Trinajstić information content (AvgIpc) is 3.43. The zero-order chi connectivity index (χ0) is 27.4. The van der Waals surface area contributed by atoms with Crippen LogP contribution in [0.15, 0.2) is 89.3 Å². The number of hydrogen-bond acceptors (Lipinski definition) is 4. The highest BCUT2D eigenvalue weighted by Crippen LogP contribution is 2.38. The number of ether oxygens (including phenoxy) is 1. The zero-order valence-electron chi connectivity index (χ0n) is 22.0. The fourth-order valence-corrected chi connectivity index (χ4v) is 4.89. The Morgan fingerprint density at radius 3 is 2.62 bits per heavy atom. The lowest BCUT2D eigenvalue weighted by Gasteiger charge is -2.39. The highest BCUT2D eigenvalue weighted by molar-refractivity contribution is 5.91. The maximum absolute atomic E-state index is 14.2. The van der Waals surface area contributed by atoms with E-state index in [9.17, 15) is 14.0 Å². The van der Waals surface area contributed by atoms with Crippen LogP contribution in [0.5, 0.6) is 5.75 Å². The van der Waals surface area contributed by atoms with Gasteiger partial charge in [-0.1, -0.05) is 62.4 Å². The van der Waals surface area contributed by atoms with Gasteiger partial charge in [0.2, 0.25) is 5.91 Å². The van der Waals surface area contributed by atoms with Crippen molar-refractivity contribution in [2.75, 3.05) is 6.54 Å². The van der Waals surface area contributed by atoms with E-state index in [1.165, 1.54) is 12.1 Å². The molecule has 0 saturated heterocycles. The summed E-state index contributed by atoms with van der Waals surface area (Å²) in [5, 5.41) is 2.85. The number of halogens is 1. The molecule has 0 bridgehead atoms. The summed E-state index contributed by atoms with van der Waals surface area (Å²) in [6.45, 7) is 4.85. The molecule has 0 radical (unpaired) electrons. The Hall–Kier alpha value is -4.39. The van der Waals surface area contributed by atoms with Gasteiger partial charge in [-0.25, -0.2) is 4.39 Å². The Morgan fingerprint density at radius 1 is 1.03 bits per heavy atom. The van der Waals surface area contributed by atoms with E-state index in [0.29, 0.717) is 31.0 Å². The maximum atomic E-state index is 14.2. The average molecular weight is 527 g/mol. The molecular formula is C32H31FN2O4. The number of hydrogen-bond donors (Lipinski definition) is 1. The Labute approximate surface area is 227 Å². The van der Waals surface area contributed by atoms with Crippen LogP contribution in [-0.4, -0.2) is 23.3 Å². The third-order valence-electron chi connectivity index (χ3n) is 6.85. The summed E-state index contributed by atoms with van der Waals surface area (Å²) in [5.41, 5.74) is 3.73. The van der Waals surface area contributed by atoms with Gasteiger partial charge in [0.25, 0.3) is 5.91 Å². The van der Waals surface area contributed by atoms with Crippen LogP contribution in [0.25, 0.3) is 0 Å². The van der Waals surface area contributed by atoms with Gasteiger partial charge >= 0.3 is 0 Å². The minimum atomic E-state index is -0.411. The van der Waals surface area contributed by atoms with Crippen LogP contribution in [0.3, 0.4) is 0 Å². The Kier molecular flexibility index (Phi) is 7.77. The van der Waals surface area contributed by atoms with Crippen molar-refractivity contribution in [2.24, 2.45) is 5.92 Å². The summed E-state index contributed by atoms with van der Waals surface area (Å²) < 4.78 is 25.9. The lowest BCUT2D eigenvalue weighted by atomic mass is 9.87. The molecule has 2 heterocycles. The first-order valence-electron chi connectivity index (χ1n) is 13.1. The van der Waals surface area contributed by atoms with Gasteiger partial charge in [-0.05, 0) is 65.1 Å². The molecule has 0 spiro atoms. The van der Waals surface area contributed by atoms with Gasteiger partial charge in [0.05, 0.1) is 6.04 Å². The summed E-state index contributed by atoms with van der Waals surface area (Å²) in [4.78, 5) is 27.4. The number of benzene rings is 3. The summed E-state index contributed by atoms with van der Waals surface area (Å²) in [7, 11) is 0. The highest BCUT2D eigenvalue weighted by Gasteiger charge is 2.33. The van der Waals surface area contributed by atoms with Crippen molar-refractivity contribution in [3.8, 4) is 5.75 Å². The van der Waals surface area contributed by atoms with Crippen molar-refractivity contribution in [3.05, 3.63) is 125 Å². The van der Waals surface area contributed by atoms with Crippen LogP contribution in [0.2, 0.25) is 0 Å². The number of nitrogens with zero attached hydrogens (tertiary/aromatic N) is 1. The highest BCUT2D eigenvalue weighted by atomic mass is 19.1. The summed E-state index contributed by atoms with van der Waals surface area (Å²) in [6, 6.07) is 24.8. The third-order valence-corrected chi connectivity index (χ3v) is 6.85. The fourth-order valence-electron chi connectivity index (χ4n) is 4.89. The van der Waals surface area contributed by atoms with Gasteiger partial charge in [0.1, 0.15) is 23.9 Å². The van der Waals surface area contributed by atoms with E-state index < -0.39 is 6.04 Å². The molecule has 0 unspecified atom stereocenters. The predicted octanol–water partition coefficient (Wildman–Crippen LogP) is 6.06. The molecule has 0 fully saturated rings. The minimum Gasteiger partial charge on any atom is -0.486 e. The minimum absolute atomic E-state index is 0.0230. The molecule has 1 aromatic heterocycles. The first-order chi connectivity index (χ1) is 18.9. The monoisotopic (exact) mass is 526 g/mol. The van der Waals surface area contributed by atoms with Gasteiger partial charge in [0.15, 0.2) is 5.76 Å². The summed E-state index contributed by atoms with van der Waals surface area (Å²) in [5.74, 6) is 0.521. The molecule has 1 aliphatic rings. The molecule has 2 amide bonds. The van der Waals surface area contributed by atoms with Crippen LogP contribution in [0.4, 0.5) is 4.39 Å². The second-order valence-electron chi connectivity index (χ2n) is 9.98. The largest absolute Gasteiger partial charge is 0.486 e. The number of rotatable bonds is 8. The fraction of sp³-hybridized carbons (Fsp3) is 0.250. The number of carbonyl (C=O) groups is 2. The number of carbonyl (C=O) groups excluding carboxylic acids is 2. The topological polar surface area (TPSA) is 71.8 Å². The first-order valence-corrected chi connectivity index (χ1v) is 13.1. The van der Waals surface area contributed by atoms with E-state index in [0.717, 1.165) is 22.3 Å². The second-order valence-corrected chi connectivity index (χ2v) is 9.98. The molecule has 6 nitrogen and oxygen atoms in total. The van der Waals surface area contributed by atoms with Gasteiger partial charge in [-0.15, -0.1) is 0 Å². The van der Waals surface area contributed by atoms with E-state index in [2.05, 4.69) is 5.32 Å². The molecule has 3 aromatic carbocycles. The maximum Gasteiger partial charge on any atom is 0.287 e. The Balaban J connectivity index is 1.31. The lowest BCUT2D eigenvalue weighted by molar-refractivity contribution is -0.136. The summed E-state index contributed by atoms with van der Waals surface area (Å²) >= 11 is 0. The first kappa shape index (κ1) is 26.2. The van der Waals surface area contributed by atoms with Crippen molar-refractivity contribution >= 4 is 11.8 Å². The zero-order valence-corrected chi connectivity index (χ0v) is 22.0. The van der Waals surface area contributed by atoms with E-state index in [1.54, 1.807) is 18.2 Å². The van der Waals surface area contributed by atoms with Crippen LogP contribution in [-0.2, 0) is 24.4 Å². The van der Waals surface area contributed by atoms with Crippen molar-refractivity contribution in [3.63, 3.8) is 0 Å². The molecule has 7 heteroatoms. The molecule has 0 aliphatic carbocycles. The normalized spacial score (nSPS) is 14.7. The predicted molar refractivity (Wildman–Crippen MR) is 146 cm³/mol. The number of fused-ring (bicyclic) bond motifs is 1. The van der Waals surface area contributed by atoms with Crippen molar-refractivity contribution in [2.45, 2.75) is 39.5 Å². The summed E-state index contributed by atoms with van der Waals surface area (Å²) in [6.07, 6.45) is 0.708. The molecule has 39 heavy (non-hydrogen) atoms. The van der Waals surface area contributed by atoms with Crippen molar-refractivity contribution in [1.82, 2.24) is 10.2 Å². The smallest absolute Gasteiger partial charge is 0.287 e. The number of amides is 2. The standard InChI is InChI=1S/C32H31FN2O4/c1-21(2)32(37)35-16-15-23-11-12-26(18-28(23)30(35)24-9-6-10-25(33)17-24)38-20-27-13-14-29(39-27)31(36)34-19-22-7-4-3-5-8-22/h3-14,17-18,21,30H,15-16,19-20H2,1-2H3,(H,34,36)/t30-/m0/s1. The van der Waals surface area contributed by atoms with Crippen LogP contribution in [0, 0.1) is 11.7 Å². The Bertz CT molecular complexity index is 1460. The van der Waals surface area contributed by atoms with Gasteiger partial charge in [-0.2, -0.15) is 0 Å². The quantitative estimate of drug-likeness (QED) is 0.303. The molecule has 0 saturated carbocycles. The molecule has 200 valence electrons. The van der Waals surface area contributed by atoms with Gasteiger partial charge in [-0.3, -0.25) is 9.59 Å². The molecule has 1 aliphatic heterocycles. The lowest BCUT2D eigenvalue weighted by Crippen LogP contribution is -2.42. The molecule has 1 N–H and O–H groups in total. The molecule has 5 rings (SSSR count). The number of nitrogens with one attached hydrogen (secondary N) is 1. The van der Waals surface area contributed by atoms with Crippen LogP contribution >= 0.6 is 0 Å². The molecule has 4 aromatic rings. The van der Waals surface area contributed by atoms with Crippen molar-refractivity contribution in [1.29, 1.82) is 0 Å². The van der Waals surface area contributed by atoms with Gasteiger partial charge < -0.3 is 19.4 Å². The van der Waals surface area contributed by atoms with Crippen molar-refractivity contribution < 1.29 is 23.1 Å². The molecule has 1 atom stereocenters. The van der Waals surface area contributed by atoms with E-state index in [4.69, 9.17) is 9.15 Å². The van der Waals surface area contributed by atoms with Gasteiger partial charge in [0, 0.05) is 19.0 Å². The Morgan fingerprint density at radius 2 is 1.85 bits per heavy atom. The third kappa shape index (κ3) is 6.03. The van der Waals surface area contributed by atoms with E-state index in [-0.39, 0.29) is 35.9 Å². The van der Waals surface area contributed by atoms with E-state index in [1.807, 2.05) is 73.3 Å².